The van der Waals surface area contributed by atoms with Crippen molar-refractivity contribution in [3.8, 4) is 0 Å². The van der Waals surface area contributed by atoms with Gasteiger partial charge in [0.1, 0.15) is 0 Å². The number of benzene rings is 1. The number of hydrogen-bond acceptors (Lipinski definition) is 8. The molecule has 0 fully saturated rings. The van der Waals surface area contributed by atoms with E-state index in [-0.39, 0.29) is 27.6 Å². The number of ether oxygens (including phenoxy) is 2. The van der Waals surface area contributed by atoms with E-state index in [4.69, 9.17) is 9.47 Å². The van der Waals surface area contributed by atoms with Crippen LogP contribution in [0.25, 0.3) is 0 Å². The molecule has 0 amide bonds. The number of rotatable bonds is 7. The van der Waals surface area contributed by atoms with Gasteiger partial charge in [-0.1, -0.05) is 0 Å². The molecule has 1 aromatic rings. The lowest BCUT2D eigenvalue weighted by Crippen LogP contribution is -2.12. The molecule has 0 aliphatic carbocycles. The summed E-state index contributed by atoms with van der Waals surface area (Å²) in [4.78, 5) is 51.0. The Kier molecular flexibility index (Phi) is 8.29. The van der Waals surface area contributed by atoms with Gasteiger partial charge in [-0.25, -0.2) is 0 Å². The lowest BCUT2D eigenvalue weighted by molar-refractivity contribution is -0.169. The van der Waals surface area contributed by atoms with Crippen molar-refractivity contribution >= 4 is 34.6 Å². The Hall–Kier alpha value is -0.530. The summed E-state index contributed by atoms with van der Waals surface area (Å²) >= 11 is 0. The number of methoxy groups -OCH3 is 2. The van der Waals surface area contributed by atoms with E-state index in [0.29, 0.717) is 0 Å². The summed E-state index contributed by atoms with van der Waals surface area (Å²) in [5.74, 6) is 0. The molecule has 0 aliphatic heterocycles. The minimum atomic E-state index is -3.93. The van der Waals surface area contributed by atoms with Crippen molar-refractivity contribution < 1.29 is 43.0 Å². The zero-order valence-electron chi connectivity index (χ0n) is 13.1. The Bertz CT molecular complexity index is 661. The monoisotopic (exact) mass is 398 g/mol. The summed E-state index contributed by atoms with van der Waals surface area (Å²) in [6.45, 7) is 0. The van der Waals surface area contributed by atoms with Crippen LogP contribution in [0, 0.1) is 0 Å². The summed E-state index contributed by atoms with van der Waals surface area (Å²) in [5.41, 5.74) is -0.135. The van der Waals surface area contributed by atoms with Crippen LogP contribution >= 0.6 is 23.6 Å². The molecule has 24 heavy (non-hydrogen) atoms. The van der Waals surface area contributed by atoms with Gasteiger partial charge in [-0.05, 0) is 23.8 Å². The van der Waals surface area contributed by atoms with Gasteiger partial charge in [-0.2, -0.15) is 9.79 Å². The smallest absolute Gasteiger partial charge is 0.332 e. The fourth-order valence-corrected chi connectivity index (χ4v) is 3.72. The van der Waals surface area contributed by atoms with E-state index >= 15 is 0 Å². The van der Waals surface area contributed by atoms with Crippen LogP contribution in [0.4, 0.5) is 0 Å². The standard InChI is InChI=1S/C12H17O9P3/c1-19-11(22(13)14)9-4-8(7-24(17,18)21-3)5-10(6-9)12(20-2)23(15)16/h4-6H,7H2,1-3H3,(H,13,14)(H,15,16)(H,17,18). The maximum absolute atomic E-state index is 11.8. The van der Waals surface area contributed by atoms with Crippen LogP contribution in [0.5, 0.6) is 0 Å². The second-order valence-corrected chi connectivity index (χ2v) is 8.32. The highest BCUT2D eigenvalue weighted by Gasteiger charge is 2.23. The van der Waals surface area contributed by atoms with E-state index < -0.39 is 29.8 Å². The van der Waals surface area contributed by atoms with Gasteiger partial charge in [0.15, 0.2) is 0 Å². The van der Waals surface area contributed by atoms with Crippen LogP contribution in [0.2, 0.25) is 0 Å². The Morgan fingerprint density at radius 1 is 1.04 bits per heavy atom. The maximum atomic E-state index is 11.8. The summed E-state index contributed by atoms with van der Waals surface area (Å²) in [5, 5.41) is 0. The number of hydrogen-bond donors (Lipinski definition) is 3. The normalized spacial score (nSPS) is 16.3. The Morgan fingerprint density at radius 3 is 1.75 bits per heavy atom. The molecule has 3 atom stereocenters. The average molecular weight is 398 g/mol. The van der Waals surface area contributed by atoms with Crippen molar-refractivity contribution in [2.75, 3.05) is 21.3 Å². The molecule has 0 radical (unpaired) electrons. The maximum Gasteiger partial charge on any atom is 0.332 e. The molecular weight excluding hydrogens is 381 g/mol. The third kappa shape index (κ3) is 5.77. The first-order valence-corrected chi connectivity index (χ1v) is 10.5. The van der Waals surface area contributed by atoms with Crippen LogP contribution in [0.15, 0.2) is 18.2 Å². The van der Waals surface area contributed by atoms with Gasteiger partial charge < -0.3 is 28.7 Å². The summed E-state index contributed by atoms with van der Waals surface area (Å²) in [7, 11) is -6.18. The fourth-order valence-electron chi connectivity index (χ4n) is 1.94. The molecular formula is C12H17O9P3. The zero-order chi connectivity index (χ0) is 18.5. The minimum Gasteiger partial charge on any atom is -0.601 e. The predicted octanol–water partition coefficient (Wildman–Crippen LogP) is -0.404. The quantitative estimate of drug-likeness (QED) is 0.521. The highest BCUT2D eigenvalue weighted by molar-refractivity contribution is 7.51. The van der Waals surface area contributed by atoms with E-state index in [2.05, 4.69) is 4.52 Å². The Morgan fingerprint density at radius 2 is 1.46 bits per heavy atom. The van der Waals surface area contributed by atoms with E-state index in [1.54, 1.807) is 0 Å². The molecule has 0 saturated carbocycles. The third-order valence-corrected chi connectivity index (χ3v) is 5.80. The molecule has 0 bridgehead atoms. The SMILES string of the molecule is CO/C(c1cc(CP(=O)(O)OC)cc(/C(OC)=[P+](/[O-])O)c1)=[P+](/[O-])O. The molecule has 3 N–H and O–H groups in total. The van der Waals surface area contributed by atoms with E-state index in [1.165, 1.54) is 32.4 Å². The molecule has 9 nitrogen and oxygen atoms in total. The van der Waals surface area contributed by atoms with Crippen molar-refractivity contribution in [3.05, 3.63) is 34.9 Å². The Labute approximate surface area is 140 Å². The first kappa shape index (κ1) is 21.5. The van der Waals surface area contributed by atoms with Crippen molar-refractivity contribution in [2.24, 2.45) is 0 Å². The van der Waals surface area contributed by atoms with Crippen LogP contribution in [0.1, 0.15) is 16.7 Å². The van der Waals surface area contributed by atoms with Crippen molar-refractivity contribution in [1.82, 2.24) is 0 Å². The molecule has 1 aromatic carbocycles. The summed E-state index contributed by atoms with van der Waals surface area (Å²) in [6, 6.07) is 4.01. The lowest BCUT2D eigenvalue weighted by Gasteiger charge is -2.12. The summed E-state index contributed by atoms with van der Waals surface area (Å²) in [6.07, 6.45) is -0.414. The van der Waals surface area contributed by atoms with Gasteiger partial charge in [0.25, 0.3) is 27.0 Å². The predicted molar refractivity (Wildman–Crippen MR) is 87.5 cm³/mol. The molecule has 0 spiro atoms. The van der Waals surface area contributed by atoms with Gasteiger partial charge in [0, 0.05) is 21.3 Å². The van der Waals surface area contributed by atoms with Gasteiger partial charge >= 0.3 is 7.60 Å². The van der Waals surface area contributed by atoms with Gasteiger partial charge in [-0.3, -0.25) is 4.57 Å². The highest BCUT2D eigenvalue weighted by Crippen LogP contribution is 2.45. The molecule has 134 valence electrons. The molecule has 1 rings (SSSR count). The molecule has 0 aliphatic rings. The van der Waals surface area contributed by atoms with Gasteiger partial charge in [0.05, 0.1) is 17.3 Å². The van der Waals surface area contributed by atoms with E-state index in [0.717, 1.165) is 7.11 Å². The highest BCUT2D eigenvalue weighted by atomic mass is 31.2. The molecule has 12 heteroatoms. The fraction of sp³-hybridized carbons (Fsp3) is 0.333. The van der Waals surface area contributed by atoms with Gasteiger partial charge in [0.2, 0.25) is 0 Å². The van der Waals surface area contributed by atoms with E-state index in [1.807, 2.05) is 0 Å². The van der Waals surface area contributed by atoms with Crippen molar-refractivity contribution in [3.63, 3.8) is 0 Å². The van der Waals surface area contributed by atoms with E-state index in [9.17, 15) is 29.0 Å². The van der Waals surface area contributed by atoms with Crippen LogP contribution in [0.3, 0.4) is 0 Å². The minimum absolute atomic E-state index is 0.108. The zero-order valence-corrected chi connectivity index (χ0v) is 15.8. The Balaban J connectivity index is 3.60. The van der Waals surface area contributed by atoms with Crippen molar-refractivity contribution in [1.29, 1.82) is 0 Å². The molecule has 0 heterocycles. The van der Waals surface area contributed by atoms with Crippen LogP contribution in [-0.2, 0) is 24.7 Å². The topological polar surface area (TPSA) is 152 Å². The largest absolute Gasteiger partial charge is 0.601 e. The van der Waals surface area contributed by atoms with Crippen LogP contribution < -0.4 is 9.79 Å². The summed E-state index contributed by atoms with van der Waals surface area (Å²) < 4.78 is 26.0. The third-order valence-electron chi connectivity index (χ3n) is 2.89. The second-order valence-electron chi connectivity index (χ2n) is 4.46. The van der Waals surface area contributed by atoms with Gasteiger partial charge in [-0.15, -0.1) is 0 Å². The van der Waals surface area contributed by atoms with Crippen molar-refractivity contribution in [2.45, 2.75) is 6.16 Å². The first-order chi connectivity index (χ1) is 11.1. The average Bonchev–Trinajstić information content (AvgIpc) is 2.47. The van der Waals surface area contributed by atoms with Crippen LogP contribution in [-0.4, -0.2) is 47.0 Å². The lowest BCUT2D eigenvalue weighted by atomic mass is 10.1. The second kappa shape index (κ2) is 9.25. The molecule has 0 aromatic heterocycles. The first-order valence-electron chi connectivity index (χ1n) is 6.31. The molecule has 0 saturated heterocycles. The molecule has 3 unspecified atom stereocenters.